The quantitative estimate of drug-likeness (QED) is 0.823. The highest BCUT2D eigenvalue weighted by molar-refractivity contribution is 5.90. The second-order valence-corrected chi connectivity index (χ2v) is 4.02. The summed E-state index contributed by atoms with van der Waals surface area (Å²) in [5, 5.41) is 2.61. The second-order valence-electron chi connectivity index (χ2n) is 4.02. The van der Waals surface area contributed by atoms with Gasteiger partial charge in [-0.25, -0.2) is 9.78 Å². The molecule has 0 spiro atoms. The van der Waals surface area contributed by atoms with E-state index in [2.05, 4.69) is 15.0 Å². The number of hydrogen-bond acceptors (Lipinski definition) is 4. The van der Waals surface area contributed by atoms with Crippen LogP contribution in [-0.2, 0) is 9.53 Å². The smallest absolute Gasteiger partial charge is 0.325 e. The van der Waals surface area contributed by atoms with Gasteiger partial charge in [-0.2, -0.15) is 0 Å². The summed E-state index contributed by atoms with van der Waals surface area (Å²) in [5.41, 5.74) is 2.09. The van der Waals surface area contributed by atoms with E-state index in [-0.39, 0.29) is 6.54 Å². The van der Waals surface area contributed by atoms with Gasteiger partial charge in [0.15, 0.2) is 0 Å². The fourth-order valence-electron chi connectivity index (χ4n) is 1.23. The Bertz CT molecular complexity index is 460. The molecule has 0 bridgehead atoms. The standard InChI is InChI=1S/C12H17N3O3/c1-8-5-10(13-6-9(8)2)14-12(17)15(3)7-11(16)18-4/h5-6H,7H2,1-4H3,(H,13,14,17). The maximum Gasteiger partial charge on any atom is 0.325 e. The van der Waals surface area contributed by atoms with E-state index < -0.39 is 12.0 Å². The normalized spacial score (nSPS) is 9.78. The number of nitrogens with zero attached hydrogens (tertiary/aromatic N) is 2. The zero-order chi connectivity index (χ0) is 13.7. The third-order valence-electron chi connectivity index (χ3n) is 2.55. The van der Waals surface area contributed by atoms with Crippen molar-refractivity contribution < 1.29 is 14.3 Å². The number of carbonyl (C=O) groups excluding carboxylic acids is 2. The fraction of sp³-hybridized carbons (Fsp3) is 0.417. The lowest BCUT2D eigenvalue weighted by atomic mass is 10.2. The number of amides is 2. The van der Waals surface area contributed by atoms with E-state index in [0.717, 1.165) is 11.1 Å². The molecule has 0 aliphatic carbocycles. The van der Waals surface area contributed by atoms with Crippen LogP contribution in [0.25, 0.3) is 0 Å². The zero-order valence-corrected chi connectivity index (χ0v) is 11.0. The molecular weight excluding hydrogens is 234 g/mol. The van der Waals surface area contributed by atoms with Crippen molar-refractivity contribution >= 4 is 17.8 Å². The molecule has 0 aliphatic rings. The van der Waals surface area contributed by atoms with E-state index in [1.165, 1.54) is 19.1 Å². The van der Waals surface area contributed by atoms with Crippen molar-refractivity contribution in [2.75, 3.05) is 26.0 Å². The highest BCUT2D eigenvalue weighted by Gasteiger charge is 2.13. The molecule has 1 N–H and O–H groups in total. The predicted molar refractivity (Wildman–Crippen MR) is 67.4 cm³/mol. The van der Waals surface area contributed by atoms with Crippen LogP contribution in [0.2, 0.25) is 0 Å². The number of carbonyl (C=O) groups is 2. The number of urea groups is 1. The highest BCUT2D eigenvalue weighted by atomic mass is 16.5. The van der Waals surface area contributed by atoms with Crippen molar-refractivity contribution in [1.29, 1.82) is 0 Å². The molecule has 18 heavy (non-hydrogen) atoms. The maximum absolute atomic E-state index is 11.7. The zero-order valence-electron chi connectivity index (χ0n) is 11.0. The van der Waals surface area contributed by atoms with Crippen molar-refractivity contribution in [2.24, 2.45) is 0 Å². The number of rotatable bonds is 3. The lowest BCUT2D eigenvalue weighted by Gasteiger charge is -2.16. The van der Waals surface area contributed by atoms with Crippen LogP contribution in [0.1, 0.15) is 11.1 Å². The first-order valence-corrected chi connectivity index (χ1v) is 5.46. The van der Waals surface area contributed by atoms with E-state index >= 15 is 0 Å². The minimum absolute atomic E-state index is 0.104. The molecule has 0 atom stereocenters. The van der Waals surface area contributed by atoms with Crippen molar-refractivity contribution in [3.63, 3.8) is 0 Å². The number of aryl methyl sites for hydroxylation is 2. The first-order valence-electron chi connectivity index (χ1n) is 5.46. The van der Waals surface area contributed by atoms with Crippen LogP contribution in [0.5, 0.6) is 0 Å². The number of aromatic nitrogens is 1. The number of hydrogen-bond donors (Lipinski definition) is 1. The Balaban J connectivity index is 2.63. The Morgan fingerprint density at radius 2 is 2.06 bits per heavy atom. The van der Waals surface area contributed by atoms with E-state index in [1.807, 2.05) is 13.8 Å². The van der Waals surface area contributed by atoms with Gasteiger partial charge >= 0.3 is 12.0 Å². The molecule has 0 fully saturated rings. The van der Waals surface area contributed by atoms with Gasteiger partial charge in [0.2, 0.25) is 0 Å². The van der Waals surface area contributed by atoms with Gasteiger partial charge in [0, 0.05) is 13.2 Å². The molecule has 1 aromatic rings. The molecule has 0 unspecified atom stereocenters. The third kappa shape index (κ3) is 3.73. The Labute approximate surface area is 106 Å². The Hall–Kier alpha value is -2.11. The van der Waals surface area contributed by atoms with E-state index in [4.69, 9.17) is 0 Å². The van der Waals surface area contributed by atoms with Gasteiger partial charge in [-0.05, 0) is 31.0 Å². The Morgan fingerprint density at radius 3 is 2.61 bits per heavy atom. The monoisotopic (exact) mass is 251 g/mol. The van der Waals surface area contributed by atoms with Gasteiger partial charge < -0.3 is 9.64 Å². The molecule has 0 radical (unpaired) electrons. The number of ether oxygens (including phenoxy) is 1. The third-order valence-corrected chi connectivity index (χ3v) is 2.55. The van der Waals surface area contributed by atoms with Crippen molar-refractivity contribution in [3.8, 4) is 0 Å². The van der Waals surface area contributed by atoms with Crippen LogP contribution in [0.3, 0.4) is 0 Å². The van der Waals surface area contributed by atoms with E-state index in [9.17, 15) is 9.59 Å². The molecule has 0 saturated carbocycles. The van der Waals surface area contributed by atoms with Crippen LogP contribution < -0.4 is 5.32 Å². The number of esters is 1. The molecule has 6 nitrogen and oxygen atoms in total. The minimum atomic E-state index is -0.472. The topological polar surface area (TPSA) is 71.5 Å². The number of methoxy groups -OCH3 is 1. The molecule has 0 saturated heterocycles. The van der Waals surface area contributed by atoms with E-state index in [0.29, 0.717) is 5.82 Å². The van der Waals surface area contributed by atoms with Crippen molar-refractivity contribution in [2.45, 2.75) is 13.8 Å². The summed E-state index contributed by atoms with van der Waals surface area (Å²) in [7, 11) is 2.78. The molecule has 2 amide bonds. The maximum atomic E-state index is 11.7. The average Bonchev–Trinajstić information content (AvgIpc) is 2.33. The SMILES string of the molecule is COC(=O)CN(C)C(=O)Nc1cc(C)c(C)cn1. The van der Waals surface area contributed by atoms with Crippen molar-refractivity contribution in [3.05, 3.63) is 23.4 Å². The largest absolute Gasteiger partial charge is 0.468 e. The molecule has 98 valence electrons. The van der Waals surface area contributed by atoms with Crippen LogP contribution in [0.15, 0.2) is 12.3 Å². The lowest BCUT2D eigenvalue weighted by molar-refractivity contribution is -0.140. The van der Waals surface area contributed by atoms with Gasteiger partial charge in [0.05, 0.1) is 7.11 Å². The molecule has 1 heterocycles. The van der Waals surface area contributed by atoms with Crippen LogP contribution in [0.4, 0.5) is 10.6 Å². The lowest BCUT2D eigenvalue weighted by Crippen LogP contribution is -2.36. The molecule has 0 aromatic carbocycles. The number of pyridine rings is 1. The number of anilines is 1. The highest BCUT2D eigenvalue weighted by Crippen LogP contribution is 2.10. The van der Waals surface area contributed by atoms with Gasteiger partial charge in [0.1, 0.15) is 12.4 Å². The summed E-state index contributed by atoms with van der Waals surface area (Å²) < 4.78 is 4.48. The molecule has 1 aromatic heterocycles. The van der Waals surface area contributed by atoms with Gasteiger partial charge in [-0.15, -0.1) is 0 Å². The second kappa shape index (κ2) is 6.00. The molecule has 6 heteroatoms. The van der Waals surface area contributed by atoms with Crippen molar-refractivity contribution in [1.82, 2.24) is 9.88 Å². The summed E-state index contributed by atoms with van der Waals surface area (Å²) in [5.74, 6) is -0.0134. The van der Waals surface area contributed by atoms with Gasteiger partial charge in [-0.3, -0.25) is 10.1 Å². The Kier molecular flexibility index (Phi) is 4.65. The van der Waals surface area contributed by atoms with Crippen LogP contribution in [-0.4, -0.2) is 42.6 Å². The first kappa shape index (κ1) is 14.0. The minimum Gasteiger partial charge on any atom is -0.468 e. The summed E-state index contributed by atoms with van der Waals surface area (Å²) >= 11 is 0. The molecule has 0 aliphatic heterocycles. The van der Waals surface area contributed by atoms with Gasteiger partial charge in [-0.1, -0.05) is 0 Å². The molecule has 1 rings (SSSR count). The summed E-state index contributed by atoms with van der Waals surface area (Å²) in [6.07, 6.45) is 1.69. The number of likely N-dealkylation sites (N-methyl/N-ethyl adjacent to an activating group) is 1. The van der Waals surface area contributed by atoms with Crippen LogP contribution in [0, 0.1) is 13.8 Å². The summed E-state index contributed by atoms with van der Waals surface area (Å²) in [4.78, 5) is 28.1. The van der Waals surface area contributed by atoms with Crippen LogP contribution >= 0.6 is 0 Å². The summed E-state index contributed by atoms with van der Waals surface area (Å²) in [6, 6.07) is 1.37. The number of nitrogens with one attached hydrogen (secondary N) is 1. The first-order chi connectivity index (χ1) is 8.43. The van der Waals surface area contributed by atoms with E-state index in [1.54, 1.807) is 12.3 Å². The predicted octanol–water partition coefficient (Wildman–Crippen LogP) is 1.34. The fourth-order valence-corrected chi connectivity index (χ4v) is 1.23. The average molecular weight is 251 g/mol. The van der Waals surface area contributed by atoms with Gasteiger partial charge in [0.25, 0.3) is 0 Å². The Morgan fingerprint density at radius 1 is 1.39 bits per heavy atom. The summed E-state index contributed by atoms with van der Waals surface area (Å²) in [6.45, 7) is 3.77. The molecular formula is C12H17N3O3.